The van der Waals surface area contributed by atoms with E-state index in [9.17, 15) is 0 Å². The monoisotopic (exact) mass is 256 g/mol. The van der Waals surface area contributed by atoms with Crippen molar-refractivity contribution < 1.29 is 0 Å². The van der Waals surface area contributed by atoms with Crippen LogP contribution in [0.15, 0.2) is 42.5 Å². The van der Waals surface area contributed by atoms with Gasteiger partial charge in [-0.15, -0.1) is 0 Å². The molecule has 0 bridgehead atoms. The molecule has 0 saturated heterocycles. The first-order valence-electron chi connectivity index (χ1n) is 5.69. The van der Waals surface area contributed by atoms with Gasteiger partial charge in [-0.1, -0.05) is 47.5 Å². The van der Waals surface area contributed by atoms with Crippen LogP contribution in [0.2, 0.25) is 5.02 Å². The van der Waals surface area contributed by atoms with Crippen molar-refractivity contribution in [2.75, 3.05) is 5.32 Å². The van der Waals surface area contributed by atoms with Gasteiger partial charge in [-0.05, 0) is 24.6 Å². The molecular formula is C15H13ClN2. The minimum Gasteiger partial charge on any atom is -0.380 e. The summed E-state index contributed by atoms with van der Waals surface area (Å²) in [6, 6.07) is 15.8. The first kappa shape index (κ1) is 12.5. The lowest BCUT2D eigenvalue weighted by molar-refractivity contribution is 1.14. The fraction of sp³-hybridized carbons (Fsp3) is 0.133. The quantitative estimate of drug-likeness (QED) is 0.896. The standard InChI is InChI=1S/C15H13ClN2/c1-11-4-2-5-12(8-11)10-18-15-7-3-6-14(16)13(15)9-17/h2-8,18H,10H2,1H3. The minimum absolute atomic E-state index is 0.478. The van der Waals surface area contributed by atoms with Gasteiger partial charge in [-0.2, -0.15) is 5.26 Å². The van der Waals surface area contributed by atoms with Crippen molar-refractivity contribution >= 4 is 17.3 Å². The molecule has 0 aliphatic heterocycles. The maximum absolute atomic E-state index is 9.07. The van der Waals surface area contributed by atoms with Gasteiger partial charge in [-0.3, -0.25) is 0 Å². The average Bonchev–Trinajstić information content (AvgIpc) is 2.36. The molecule has 90 valence electrons. The second-order valence-corrected chi connectivity index (χ2v) is 4.52. The third-order valence-corrected chi connectivity index (χ3v) is 3.01. The van der Waals surface area contributed by atoms with Gasteiger partial charge >= 0.3 is 0 Å². The smallest absolute Gasteiger partial charge is 0.103 e. The number of nitrogens with zero attached hydrogens (tertiary/aromatic N) is 1. The molecule has 0 unspecified atom stereocenters. The van der Waals surface area contributed by atoms with Crippen LogP contribution in [0.3, 0.4) is 0 Å². The van der Waals surface area contributed by atoms with Gasteiger partial charge in [0.1, 0.15) is 6.07 Å². The SMILES string of the molecule is Cc1cccc(CNc2cccc(Cl)c2C#N)c1. The highest BCUT2D eigenvalue weighted by molar-refractivity contribution is 6.32. The summed E-state index contributed by atoms with van der Waals surface area (Å²) in [6.07, 6.45) is 0. The van der Waals surface area contributed by atoms with E-state index < -0.39 is 0 Å². The van der Waals surface area contributed by atoms with Crippen molar-refractivity contribution in [1.82, 2.24) is 0 Å². The first-order chi connectivity index (χ1) is 8.70. The zero-order chi connectivity index (χ0) is 13.0. The third kappa shape index (κ3) is 2.82. The van der Waals surface area contributed by atoms with E-state index in [4.69, 9.17) is 16.9 Å². The molecular weight excluding hydrogens is 244 g/mol. The molecule has 0 atom stereocenters. The lowest BCUT2D eigenvalue weighted by Gasteiger charge is -2.09. The van der Waals surface area contributed by atoms with E-state index in [2.05, 4.69) is 36.5 Å². The molecule has 1 N–H and O–H groups in total. The summed E-state index contributed by atoms with van der Waals surface area (Å²) in [7, 11) is 0. The third-order valence-electron chi connectivity index (χ3n) is 2.69. The molecule has 2 nitrogen and oxygen atoms in total. The molecule has 0 aliphatic rings. The van der Waals surface area contributed by atoms with Crippen molar-refractivity contribution in [2.45, 2.75) is 13.5 Å². The Bertz CT molecular complexity index is 600. The predicted octanol–water partition coefficient (Wildman–Crippen LogP) is 4.13. The number of nitriles is 1. The van der Waals surface area contributed by atoms with Crippen molar-refractivity contribution in [3.05, 3.63) is 64.2 Å². The fourth-order valence-corrected chi connectivity index (χ4v) is 2.02. The van der Waals surface area contributed by atoms with Crippen molar-refractivity contribution in [3.8, 4) is 6.07 Å². The summed E-state index contributed by atoms with van der Waals surface area (Å²) < 4.78 is 0. The molecule has 2 aromatic rings. The van der Waals surface area contributed by atoms with Crippen LogP contribution in [0.25, 0.3) is 0 Å². The van der Waals surface area contributed by atoms with Gasteiger partial charge in [0.15, 0.2) is 0 Å². The highest BCUT2D eigenvalue weighted by atomic mass is 35.5. The van der Waals surface area contributed by atoms with Crippen molar-refractivity contribution in [2.24, 2.45) is 0 Å². The number of anilines is 1. The minimum atomic E-state index is 0.478. The van der Waals surface area contributed by atoms with E-state index in [-0.39, 0.29) is 0 Å². The van der Waals surface area contributed by atoms with Crippen LogP contribution in [0.5, 0.6) is 0 Å². The van der Waals surface area contributed by atoms with E-state index in [0.29, 0.717) is 17.1 Å². The summed E-state index contributed by atoms with van der Waals surface area (Å²) in [4.78, 5) is 0. The topological polar surface area (TPSA) is 35.8 Å². The average molecular weight is 257 g/mol. The Kier molecular flexibility index (Phi) is 3.86. The maximum Gasteiger partial charge on any atom is 0.103 e. The van der Waals surface area contributed by atoms with Crippen LogP contribution in [-0.2, 0) is 6.54 Å². The summed E-state index contributed by atoms with van der Waals surface area (Å²) >= 11 is 5.97. The molecule has 2 aromatic carbocycles. The molecule has 0 aliphatic carbocycles. The number of hydrogen-bond donors (Lipinski definition) is 1. The number of hydrogen-bond acceptors (Lipinski definition) is 2. The Labute approximate surface area is 112 Å². The molecule has 0 heterocycles. The normalized spacial score (nSPS) is 9.83. The van der Waals surface area contributed by atoms with Gasteiger partial charge in [0.2, 0.25) is 0 Å². The van der Waals surface area contributed by atoms with Crippen LogP contribution >= 0.6 is 11.6 Å². The van der Waals surface area contributed by atoms with E-state index in [0.717, 1.165) is 5.69 Å². The van der Waals surface area contributed by atoms with Crippen LogP contribution in [-0.4, -0.2) is 0 Å². The number of halogens is 1. The summed E-state index contributed by atoms with van der Waals surface area (Å²) in [5.41, 5.74) is 3.66. The molecule has 0 amide bonds. The van der Waals surface area contributed by atoms with Crippen molar-refractivity contribution in [3.63, 3.8) is 0 Å². The highest BCUT2D eigenvalue weighted by Gasteiger charge is 2.05. The Morgan fingerprint density at radius 2 is 2.00 bits per heavy atom. The Morgan fingerprint density at radius 3 is 2.72 bits per heavy atom. The second kappa shape index (κ2) is 5.57. The number of aryl methyl sites for hydroxylation is 1. The van der Waals surface area contributed by atoms with Crippen LogP contribution in [0, 0.1) is 18.3 Å². The molecule has 18 heavy (non-hydrogen) atoms. The van der Waals surface area contributed by atoms with E-state index in [1.165, 1.54) is 11.1 Å². The van der Waals surface area contributed by atoms with Crippen molar-refractivity contribution in [1.29, 1.82) is 5.26 Å². The number of nitrogens with one attached hydrogen (secondary N) is 1. The lowest BCUT2D eigenvalue weighted by atomic mass is 10.1. The van der Waals surface area contributed by atoms with Crippen LogP contribution in [0.4, 0.5) is 5.69 Å². The van der Waals surface area contributed by atoms with E-state index >= 15 is 0 Å². The maximum atomic E-state index is 9.07. The zero-order valence-electron chi connectivity index (χ0n) is 10.1. The second-order valence-electron chi connectivity index (χ2n) is 4.12. The summed E-state index contributed by atoms with van der Waals surface area (Å²) in [5.74, 6) is 0. The Hall–Kier alpha value is -1.98. The zero-order valence-corrected chi connectivity index (χ0v) is 10.8. The molecule has 2 rings (SSSR count). The molecule has 0 fully saturated rings. The van der Waals surface area contributed by atoms with Crippen LogP contribution < -0.4 is 5.32 Å². The van der Waals surface area contributed by atoms with Crippen LogP contribution in [0.1, 0.15) is 16.7 Å². The Morgan fingerprint density at radius 1 is 1.22 bits per heavy atom. The number of rotatable bonds is 3. The molecule has 3 heteroatoms. The van der Waals surface area contributed by atoms with Gasteiger partial charge in [0, 0.05) is 6.54 Å². The molecule has 0 aromatic heterocycles. The predicted molar refractivity (Wildman–Crippen MR) is 74.7 cm³/mol. The summed E-state index contributed by atoms with van der Waals surface area (Å²) in [5, 5.41) is 12.8. The first-order valence-corrected chi connectivity index (χ1v) is 6.06. The lowest BCUT2D eigenvalue weighted by Crippen LogP contribution is -2.01. The van der Waals surface area contributed by atoms with Gasteiger partial charge in [-0.25, -0.2) is 0 Å². The van der Waals surface area contributed by atoms with Gasteiger partial charge < -0.3 is 5.32 Å². The summed E-state index contributed by atoms with van der Waals surface area (Å²) in [6.45, 7) is 2.74. The highest BCUT2D eigenvalue weighted by Crippen LogP contribution is 2.23. The van der Waals surface area contributed by atoms with E-state index in [1.807, 2.05) is 18.2 Å². The largest absolute Gasteiger partial charge is 0.380 e. The fourth-order valence-electron chi connectivity index (χ4n) is 1.80. The molecule has 0 saturated carbocycles. The molecule has 0 spiro atoms. The Balaban J connectivity index is 2.16. The van der Waals surface area contributed by atoms with Gasteiger partial charge in [0.05, 0.1) is 16.3 Å². The number of benzene rings is 2. The van der Waals surface area contributed by atoms with Gasteiger partial charge in [0.25, 0.3) is 0 Å². The van der Waals surface area contributed by atoms with E-state index in [1.54, 1.807) is 6.07 Å². The molecule has 0 radical (unpaired) electrons.